The van der Waals surface area contributed by atoms with Crippen LogP contribution in [0.25, 0.3) is 0 Å². The number of nitro benzene ring substituents is 1. The molecule has 0 atom stereocenters. The SMILES string of the molecule is CCOCCCNC(=NCc1ccc([N+](=O)[O-])cc1)N1CCN(CC(=O)NC2CC2)CC1.I. The summed E-state index contributed by atoms with van der Waals surface area (Å²) in [6.45, 7) is 8.20. The fraction of sp³-hybridized carbons (Fsp3) is 0.636. The van der Waals surface area contributed by atoms with E-state index in [-0.39, 0.29) is 35.6 Å². The molecular formula is C22H35IN6O4. The van der Waals surface area contributed by atoms with Crippen LogP contribution in [0.3, 0.4) is 0 Å². The van der Waals surface area contributed by atoms with Crippen molar-refractivity contribution in [1.82, 2.24) is 20.4 Å². The van der Waals surface area contributed by atoms with E-state index in [1.165, 1.54) is 12.1 Å². The monoisotopic (exact) mass is 574 g/mol. The smallest absolute Gasteiger partial charge is 0.269 e. The number of guanidine groups is 1. The van der Waals surface area contributed by atoms with Crippen LogP contribution < -0.4 is 10.6 Å². The Kier molecular flexibility index (Phi) is 11.8. The lowest BCUT2D eigenvalue weighted by Crippen LogP contribution is -2.54. The van der Waals surface area contributed by atoms with Crippen molar-refractivity contribution in [2.24, 2.45) is 4.99 Å². The van der Waals surface area contributed by atoms with Crippen LogP contribution in [0.4, 0.5) is 5.69 Å². The van der Waals surface area contributed by atoms with Gasteiger partial charge in [-0.15, -0.1) is 24.0 Å². The van der Waals surface area contributed by atoms with Crippen molar-refractivity contribution in [2.75, 3.05) is 52.5 Å². The van der Waals surface area contributed by atoms with Crippen LogP contribution in [0.5, 0.6) is 0 Å². The molecule has 1 aliphatic carbocycles. The van der Waals surface area contributed by atoms with Crippen LogP contribution in [0.15, 0.2) is 29.3 Å². The molecule has 0 bridgehead atoms. The number of amides is 1. The van der Waals surface area contributed by atoms with Gasteiger partial charge in [-0.2, -0.15) is 0 Å². The van der Waals surface area contributed by atoms with Crippen molar-refractivity contribution >= 4 is 41.5 Å². The van der Waals surface area contributed by atoms with Crippen LogP contribution in [-0.4, -0.2) is 85.1 Å². The lowest BCUT2D eigenvalue weighted by Gasteiger charge is -2.36. The number of nitro groups is 1. The van der Waals surface area contributed by atoms with Gasteiger partial charge in [0.2, 0.25) is 5.91 Å². The number of carbonyl (C=O) groups excluding carboxylic acids is 1. The Morgan fingerprint density at radius 1 is 1.21 bits per heavy atom. The number of rotatable bonds is 11. The van der Waals surface area contributed by atoms with E-state index < -0.39 is 4.92 Å². The normalized spacial score (nSPS) is 16.8. The molecule has 1 aromatic carbocycles. The Morgan fingerprint density at radius 3 is 2.52 bits per heavy atom. The summed E-state index contributed by atoms with van der Waals surface area (Å²) >= 11 is 0. The number of nitrogens with one attached hydrogen (secondary N) is 2. The molecule has 0 spiro atoms. The quantitative estimate of drug-likeness (QED) is 0.104. The molecule has 33 heavy (non-hydrogen) atoms. The summed E-state index contributed by atoms with van der Waals surface area (Å²) in [6.07, 6.45) is 3.08. The van der Waals surface area contributed by atoms with E-state index in [1.807, 2.05) is 6.92 Å². The van der Waals surface area contributed by atoms with Crippen LogP contribution >= 0.6 is 24.0 Å². The number of piperazine rings is 1. The second kappa shape index (κ2) is 14.3. The first-order valence-electron chi connectivity index (χ1n) is 11.4. The van der Waals surface area contributed by atoms with Gasteiger partial charge < -0.3 is 20.3 Å². The van der Waals surface area contributed by atoms with Gasteiger partial charge in [0.25, 0.3) is 5.69 Å². The van der Waals surface area contributed by atoms with E-state index in [0.717, 1.165) is 63.5 Å². The van der Waals surface area contributed by atoms with Gasteiger partial charge in [-0.25, -0.2) is 4.99 Å². The molecule has 0 aromatic heterocycles. The highest BCUT2D eigenvalue weighted by Crippen LogP contribution is 2.18. The Morgan fingerprint density at radius 2 is 1.91 bits per heavy atom. The first-order valence-corrected chi connectivity index (χ1v) is 11.4. The number of benzene rings is 1. The molecule has 3 rings (SSSR count). The van der Waals surface area contributed by atoms with Gasteiger partial charge in [0.05, 0.1) is 18.0 Å². The van der Waals surface area contributed by atoms with E-state index in [0.29, 0.717) is 32.3 Å². The second-order valence-corrected chi connectivity index (χ2v) is 8.15. The molecule has 1 saturated carbocycles. The van der Waals surface area contributed by atoms with Gasteiger partial charge in [-0.3, -0.25) is 19.8 Å². The van der Waals surface area contributed by atoms with Crippen LogP contribution in [-0.2, 0) is 16.1 Å². The van der Waals surface area contributed by atoms with E-state index in [9.17, 15) is 14.9 Å². The lowest BCUT2D eigenvalue weighted by molar-refractivity contribution is -0.384. The molecule has 2 N–H and O–H groups in total. The molecule has 1 saturated heterocycles. The van der Waals surface area contributed by atoms with Crippen molar-refractivity contribution in [2.45, 2.75) is 38.8 Å². The van der Waals surface area contributed by atoms with Gasteiger partial charge in [-0.1, -0.05) is 12.1 Å². The highest BCUT2D eigenvalue weighted by Gasteiger charge is 2.26. The minimum Gasteiger partial charge on any atom is -0.382 e. The lowest BCUT2D eigenvalue weighted by atomic mass is 10.2. The molecule has 184 valence electrons. The van der Waals surface area contributed by atoms with Gasteiger partial charge in [0, 0.05) is 64.1 Å². The number of hydrogen-bond donors (Lipinski definition) is 2. The van der Waals surface area contributed by atoms with Gasteiger partial charge >= 0.3 is 0 Å². The predicted octanol–water partition coefficient (Wildman–Crippen LogP) is 1.98. The van der Waals surface area contributed by atoms with Gasteiger partial charge in [-0.05, 0) is 31.7 Å². The van der Waals surface area contributed by atoms with Crippen LogP contribution in [0.1, 0.15) is 31.7 Å². The molecule has 10 nitrogen and oxygen atoms in total. The number of hydrogen-bond acceptors (Lipinski definition) is 6. The fourth-order valence-corrected chi connectivity index (χ4v) is 3.50. The molecule has 0 unspecified atom stereocenters. The first kappa shape index (κ1) is 27.3. The van der Waals surface area contributed by atoms with Crippen molar-refractivity contribution in [3.05, 3.63) is 39.9 Å². The summed E-state index contributed by atoms with van der Waals surface area (Å²) in [5.74, 6) is 0.934. The average molecular weight is 574 g/mol. The van der Waals surface area contributed by atoms with Crippen LogP contribution in [0.2, 0.25) is 0 Å². The minimum atomic E-state index is -0.400. The Bertz CT molecular complexity index is 780. The predicted molar refractivity (Wildman–Crippen MR) is 138 cm³/mol. The number of aliphatic imine (C=N–C) groups is 1. The van der Waals surface area contributed by atoms with Crippen molar-refractivity contribution in [3.63, 3.8) is 0 Å². The average Bonchev–Trinajstić information content (AvgIpc) is 3.60. The summed E-state index contributed by atoms with van der Waals surface area (Å²) in [7, 11) is 0. The van der Waals surface area contributed by atoms with Crippen molar-refractivity contribution in [3.8, 4) is 0 Å². The third kappa shape index (κ3) is 9.80. The number of ether oxygens (including phenoxy) is 1. The number of carbonyl (C=O) groups is 1. The zero-order chi connectivity index (χ0) is 22.8. The summed E-state index contributed by atoms with van der Waals surface area (Å²) in [6, 6.07) is 6.88. The molecule has 1 heterocycles. The Balaban J connectivity index is 0.00000385. The molecule has 1 amide bonds. The fourth-order valence-electron chi connectivity index (χ4n) is 3.50. The summed E-state index contributed by atoms with van der Waals surface area (Å²) in [5, 5.41) is 17.3. The van der Waals surface area contributed by atoms with E-state index >= 15 is 0 Å². The largest absolute Gasteiger partial charge is 0.382 e. The Labute approximate surface area is 212 Å². The molecule has 0 radical (unpaired) electrons. The molecule has 11 heteroatoms. The zero-order valence-electron chi connectivity index (χ0n) is 19.2. The maximum Gasteiger partial charge on any atom is 0.269 e. The first-order chi connectivity index (χ1) is 15.5. The third-order valence-electron chi connectivity index (χ3n) is 5.49. The van der Waals surface area contributed by atoms with Crippen molar-refractivity contribution < 1.29 is 14.5 Å². The molecule has 2 fully saturated rings. The summed E-state index contributed by atoms with van der Waals surface area (Å²) in [4.78, 5) is 31.7. The summed E-state index contributed by atoms with van der Waals surface area (Å²) < 4.78 is 5.41. The highest BCUT2D eigenvalue weighted by atomic mass is 127. The topological polar surface area (TPSA) is 112 Å². The highest BCUT2D eigenvalue weighted by molar-refractivity contribution is 14.0. The molecule has 1 aliphatic heterocycles. The maximum atomic E-state index is 12.1. The van der Waals surface area contributed by atoms with E-state index in [4.69, 9.17) is 9.73 Å². The maximum absolute atomic E-state index is 12.1. The van der Waals surface area contributed by atoms with Gasteiger partial charge in [0.1, 0.15) is 0 Å². The number of nitrogens with zero attached hydrogens (tertiary/aromatic N) is 4. The summed E-state index contributed by atoms with van der Waals surface area (Å²) in [5.41, 5.74) is 0.994. The van der Waals surface area contributed by atoms with Gasteiger partial charge in [0.15, 0.2) is 5.96 Å². The minimum absolute atomic E-state index is 0. The number of halogens is 1. The van der Waals surface area contributed by atoms with Crippen molar-refractivity contribution in [1.29, 1.82) is 0 Å². The second-order valence-electron chi connectivity index (χ2n) is 8.15. The molecule has 2 aliphatic rings. The number of non-ortho nitro benzene ring substituents is 1. The van der Waals surface area contributed by atoms with Crippen LogP contribution in [0, 0.1) is 10.1 Å². The van der Waals surface area contributed by atoms with E-state index in [2.05, 4.69) is 20.4 Å². The zero-order valence-corrected chi connectivity index (χ0v) is 21.5. The Hall–Kier alpha value is -1.99. The third-order valence-corrected chi connectivity index (χ3v) is 5.49. The molecular weight excluding hydrogens is 539 g/mol. The molecule has 1 aromatic rings. The standard InChI is InChI=1S/C22H34N6O4.HI/c1-2-32-15-3-10-23-22(24-16-18-4-8-20(9-5-18)28(30)31)27-13-11-26(12-14-27)17-21(29)25-19-6-7-19;/h4-5,8-9,19H,2-3,6-7,10-17H2,1H3,(H,23,24)(H,25,29);1H. The van der Waals surface area contributed by atoms with E-state index in [1.54, 1.807) is 12.1 Å².